The lowest BCUT2D eigenvalue weighted by Crippen LogP contribution is -2.35. The van der Waals surface area contributed by atoms with Crippen LogP contribution in [0.3, 0.4) is 0 Å². The van der Waals surface area contributed by atoms with Gasteiger partial charge in [0.2, 0.25) is 5.88 Å². The number of halogens is 3. The number of amides is 1. The number of H-pyrrole nitrogens is 1. The highest BCUT2D eigenvalue weighted by molar-refractivity contribution is 5.96. The lowest BCUT2D eigenvalue weighted by Gasteiger charge is -2.23. The Hall–Kier alpha value is -3.31. The molecular weight excluding hydrogens is 417 g/mol. The summed E-state index contributed by atoms with van der Waals surface area (Å²) >= 11 is 0. The van der Waals surface area contributed by atoms with Crippen molar-refractivity contribution in [2.24, 2.45) is 5.41 Å². The van der Waals surface area contributed by atoms with E-state index in [2.05, 4.69) is 20.6 Å². The van der Waals surface area contributed by atoms with Crippen molar-refractivity contribution in [3.63, 3.8) is 0 Å². The average Bonchev–Trinajstić information content (AvgIpc) is 3.15. The fourth-order valence-electron chi connectivity index (χ4n) is 3.29. The van der Waals surface area contributed by atoms with Gasteiger partial charge >= 0.3 is 6.18 Å². The molecule has 4 rings (SSSR count). The first-order valence-electron chi connectivity index (χ1n) is 9.64. The largest absolute Gasteiger partial charge is 0.494 e. The van der Waals surface area contributed by atoms with E-state index in [0.29, 0.717) is 6.20 Å². The molecule has 0 saturated heterocycles. The van der Waals surface area contributed by atoms with E-state index in [1.807, 2.05) is 20.8 Å². The van der Waals surface area contributed by atoms with E-state index in [0.717, 1.165) is 17.4 Å². The normalized spacial score (nSPS) is 14.9. The van der Waals surface area contributed by atoms with Crippen molar-refractivity contribution >= 4 is 11.6 Å². The third-order valence-electron chi connectivity index (χ3n) is 4.83. The number of fused-ring (bicyclic) bond motifs is 1. The highest BCUT2D eigenvalue weighted by atomic mass is 19.4. The molecule has 9 nitrogen and oxygen atoms in total. The van der Waals surface area contributed by atoms with Crippen LogP contribution in [0.2, 0.25) is 0 Å². The van der Waals surface area contributed by atoms with Crippen molar-refractivity contribution in [3.05, 3.63) is 33.7 Å². The maximum Gasteiger partial charge on any atom is 0.420 e. The Balaban J connectivity index is 1.96. The Morgan fingerprint density at radius 1 is 1.32 bits per heavy atom. The van der Waals surface area contributed by atoms with Gasteiger partial charge in [-0.25, -0.2) is 0 Å². The highest BCUT2D eigenvalue weighted by Crippen LogP contribution is 2.36. The Labute approximate surface area is 173 Å². The average molecular weight is 438 g/mol. The summed E-state index contributed by atoms with van der Waals surface area (Å²) in [6.45, 7) is 5.79. The number of aromatic amines is 1. The fourth-order valence-corrected chi connectivity index (χ4v) is 3.29. The van der Waals surface area contributed by atoms with E-state index in [4.69, 9.17) is 0 Å². The van der Waals surface area contributed by atoms with E-state index in [9.17, 15) is 27.9 Å². The van der Waals surface area contributed by atoms with Gasteiger partial charge in [-0.1, -0.05) is 20.8 Å². The Bertz CT molecular complexity index is 1230. The number of nitrogens with zero attached hydrogens (tertiary/aromatic N) is 4. The Morgan fingerprint density at radius 3 is 2.58 bits per heavy atom. The summed E-state index contributed by atoms with van der Waals surface area (Å²) in [5.74, 6) is -1.30. The van der Waals surface area contributed by atoms with Crippen molar-refractivity contribution in [2.75, 3.05) is 0 Å². The van der Waals surface area contributed by atoms with Gasteiger partial charge in [0.05, 0.1) is 11.9 Å². The Kier molecular flexibility index (Phi) is 4.63. The molecule has 1 aliphatic rings. The van der Waals surface area contributed by atoms with E-state index in [1.54, 1.807) is 0 Å². The molecular formula is C19H21F3N6O3. The molecule has 3 N–H and O–H groups in total. The number of carbonyl (C=O) groups is 1. The van der Waals surface area contributed by atoms with Crippen molar-refractivity contribution in [1.82, 2.24) is 29.7 Å². The first-order chi connectivity index (χ1) is 14.4. The summed E-state index contributed by atoms with van der Waals surface area (Å²) < 4.78 is 42.1. The molecule has 166 valence electrons. The predicted molar refractivity (Wildman–Crippen MR) is 104 cm³/mol. The van der Waals surface area contributed by atoms with Crippen LogP contribution in [-0.4, -0.2) is 41.4 Å². The van der Waals surface area contributed by atoms with Crippen LogP contribution in [0.4, 0.5) is 13.2 Å². The molecule has 0 atom stereocenters. The van der Waals surface area contributed by atoms with Crippen LogP contribution in [0, 0.1) is 5.41 Å². The summed E-state index contributed by atoms with van der Waals surface area (Å²) in [7, 11) is 0. The molecule has 12 heteroatoms. The zero-order valence-corrected chi connectivity index (χ0v) is 17.0. The summed E-state index contributed by atoms with van der Waals surface area (Å²) in [5, 5.41) is 23.2. The maximum atomic E-state index is 13.3. The molecule has 3 aromatic rings. The van der Waals surface area contributed by atoms with Crippen LogP contribution in [-0.2, 0) is 12.7 Å². The topological polar surface area (TPSA) is 117 Å². The minimum Gasteiger partial charge on any atom is -0.494 e. The van der Waals surface area contributed by atoms with E-state index < -0.39 is 45.8 Å². The van der Waals surface area contributed by atoms with Gasteiger partial charge in [-0.15, -0.1) is 0 Å². The molecule has 1 saturated carbocycles. The van der Waals surface area contributed by atoms with Gasteiger partial charge in [-0.2, -0.15) is 27.9 Å². The molecule has 0 unspecified atom stereocenters. The second-order valence-electron chi connectivity index (χ2n) is 8.85. The van der Waals surface area contributed by atoms with Gasteiger partial charge in [-0.05, 0) is 18.3 Å². The molecule has 1 fully saturated rings. The maximum absolute atomic E-state index is 13.3. The molecule has 3 aromatic heterocycles. The molecule has 1 aliphatic carbocycles. The van der Waals surface area contributed by atoms with Gasteiger partial charge < -0.3 is 10.4 Å². The standard InChI is InChI=1S/C19H21F3N6O3/c1-18(2,3)8-27-12-6-11(14-10(7-23-25-14)19(20,21)22)26-28(12)17(31)13(16(27)30)15(29)24-9-4-5-9/h6-7,9,30H,4-5,8H2,1-3H3,(H,23,25)(H,24,29). The van der Waals surface area contributed by atoms with Gasteiger partial charge in [0.25, 0.3) is 11.5 Å². The van der Waals surface area contributed by atoms with Crippen molar-refractivity contribution in [3.8, 4) is 17.3 Å². The molecule has 0 spiro atoms. The second kappa shape index (κ2) is 6.86. The third kappa shape index (κ3) is 3.89. The number of nitrogens with one attached hydrogen (secondary N) is 2. The van der Waals surface area contributed by atoms with E-state index >= 15 is 0 Å². The quantitative estimate of drug-likeness (QED) is 0.579. The second-order valence-corrected chi connectivity index (χ2v) is 8.85. The lowest BCUT2D eigenvalue weighted by molar-refractivity contribution is -0.137. The smallest absolute Gasteiger partial charge is 0.420 e. The van der Waals surface area contributed by atoms with Gasteiger partial charge in [0.1, 0.15) is 16.9 Å². The van der Waals surface area contributed by atoms with Crippen LogP contribution in [0.15, 0.2) is 17.1 Å². The number of carbonyl (C=O) groups excluding carboxylic acids is 1. The number of alkyl halides is 3. The number of rotatable bonds is 4. The first kappa shape index (κ1) is 20.9. The predicted octanol–water partition coefficient (Wildman–Crippen LogP) is 2.55. The van der Waals surface area contributed by atoms with Crippen LogP contribution >= 0.6 is 0 Å². The van der Waals surface area contributed by atoms with Crippen molar-refractivity contribution in [1.29, 1.82) is 0 Å². The highest BCUT2D eigenvalue weighted by Gasteiger charge is 2.37. The van der Waals surface area contributed by atoms with Gasteiger partial charge in [-0.3, -0.25) is 19.3 Å². The fraction of sp³-hybridized carbons (Fsp3) is 0.474. The summed E-state index contributed by atoms with van der Waals surface area (Å²) in [4.78, 5) is 25.6. The van der Waals surface area contributed by atoms with E-state index in [1.165, 1.54) is 10.6 Å². The molecule has 0 bridgehead atoms. The third-order valence-corrected chi connectivity index (χ3v) is 4.83. The minimum atomic E-state index is -4.68. The van der Waals surface area contributed by atoms with Crippen LogP contribution in [0.5, 0.6) is 5.88 Å². The molecule has 3 heterocycles. The summed E-state index contributed by atoms with van der Waals surface area (Å²) in [6.07, 6.45) is -2.50. The summed E-state index contributed by atoms with van der Waals surface area (Å²) in [5.41, 5.74) is -3.41. The number of aromatic nitrogens is 5. The van der Waals surface area contributed by atoms with Gasteiger partial charge in [0.15, 0.2) is 5.56 Å². The monoisotopic (exact) mass is 438 g/mol. The van der Waals surface area contributed by atoms with Crippen LogP contribution < -0.4 is 10.9 Å². The minimum absolute atomic E-state index is 0.0538. The van der Waals surface area contributed by atoms with Crippen molar-refractivity contribution in [2.45, 2.75) is 52.4 Å². The zero-order chi connectivity index (χ0) is 22.7. The number of aromatic hydroxyl groups is 1. The van der Waals surface area contributed by atoms with Crippen LogP contribution in [0.1, 0.15) is 49.5 Å². The molecule has 0 radical (unpaired) electrons. The SMILES string of the molecule is CC(C)(C)Cn1c(O)c(C(=O)NC2CC2)c(=O)n2nc(-c3[nH]ncc3C(F)(F)F)cc12. The van der Waals surface area contributed by atoms with Gasteiger partial charge in [0, 0.05) is 18.7 Å². The summed E-state index contributed by atoms with van der Waals surface area (Å²) in [6, 6.07) is 1.18. The molecule has 31 heavy (non-hydrogen) atoms. The Morgan fingerprint density at radius 2 is 2.00 bits per heavy atom. The first-order valence-corrected chi connectivity index (χ1v) is 9.64. The molecule has 1 amide bonds. The van der Waals surface area contributed by atoms with Crippen LogP contribution in [0.25, 0.3) is 17.0 Å². The zero-order valence-electron chi connectivity index (χ0n) is 17.0. The lowest BCUT2D eigenvalue weighted by atomic mass is 9.96. The van der Waals surface area contributed by atoms with E-state index in [-0.39, 0.29) is 23.9 Å². The molecule has 0 aromatic carbocycles. The number of hydrogen-bond donors (Lipinski definition) is 3. The molecule has 0 aliphatic heterocycles. The number of hydrogen-bond acceptors (Lipinski definition) is 5. The van der Waals surface area contributed by atoms with Crippen molar-refractivity contribution < 1.29 is 23.1 Å².